The minimum absolute atomic E-state index is 0.00801. The van der Waals surface area contributed by atoms with E-state index in [0.717, 1.165) is 22.6 Å². The minimum Gasteiger partial charge on any atom is -0.491 e. The first kappa shape index (κ1) is 11.1. The first-order chi connectivity index (χ1) is 8.74. The largest absolute Gasteiger partial charge is 0.491 e. The smallest absolute Gasteiger partial charge is 0.243 e. The van der Waals surface area contributed by atoms with E-state index in [1.54, 1.807) is 0 Å². The molecular weight excluding hydrogens is 226 g/mol. The van der Waals surface area contributed by atoms with Crippen molar-refractivity contribution in [1.82, 2.24) is 5.32 Å². The van der Waals surface area contributed by atoms with Gasteiger partial charge in [-0.15, -0.1) is 0 Å². The Bertz CT molecular complexity index is 586. The summed E-state index contributed by atoms with van der Waals surface area (Å²) in [5.74, 6) is 0.818. The first-order valence-corrected chi connectivity index (χ1v) is 6.11. The molecule has 18 heavy (non-hydrogen) atoms. The van der Waals surface area contributed by atoms with Gasteiger partial charge >= 0.3 is 0 Å². The summed E-state index contributed by atoms with van der Waals surface area (Å²) in [7, 11) is 0. The maximum atomic E-state index is 12.4. The number of para-hydroxylation sites is 1. The Kier molecular flexibility index (Phi) is 2.30. The van der Waals surface area contributed by atoms with Crippen molar-refractivity contribution in [2.45, 2.75) is 19.3 Å². The lowest BCUT2D eigenvalue weighted by Crippen LogP contribution is -2.37. The lowest BCUT2D eigenvalue weighted by atomic mass is 9.76. The molecule has 0 aromatic heterocycles. The van der Waals surface area contributed by atoms with Crippen LogP contribution in [0.15, 0.2) is 47.7 Å². The van der Waals surface area contributed by atoms with Gasteiger partial charge in [0.05, 0.1) is 0 Å². The fraction of sp³-hybridized carbons (Fsp3) is 0.267. The van der Waals surface area contributed by atoms with E-state index in [4.69, 9.17) is 4.74 Å². The minimum atomic E-state index is -0.660. The van der Waals surface area contributed by atoms with Gasteiger partial charge in [-0.2, -0.15) is 0 Å². The molecule has 0 unspecified atom stereocenters. The van der Waals surface area contributed by atoms with Crippen LogP contribution in [0, 0.1) is 0 Å². The zero-order valence-electron chi connectivity index (χ0n) is 10.5. The van der Waals surface area contributed by atoms with Crippen LogP contribution in [0.2, 0.25) is 0 Å². The molecule has 0 aliphatic carbocycles. The molecule has 3 rings (SSSR count). The molecule has 1 amide bonds. The molecular formula is C15H15NO2. The monoisotopic (exact) mass is 241 g/mol. The van der Waals surface area contributed by atoms with Crippen molar-refractivity contribution in [1.29, 1.82) is 0 Å². The molecule has 1 spiro atoms. The van der Waals surface area contributed by atoms with E-state index in [1.807, 2.05) is 50.3 Å². The van der Waals surface area contributed by atoms with E-state index >= 15 is 0 Å². The number of fused-ring (bicyclic) bond motifs is 2. The molecule has 1 saturated heterocycles. The summed E-state index contributed by atoms with van der Waals surface area (Å²) < 4.78 is 5.70. The summed E-state index contributed by atoms with van der Waals surface area (Å²) in [5, 5.41) is 2.95. The Labute approximate surface area is 106 Å². The lowest BCUT2D eigenvalue weighted by molar-refractivity contribution is -0.123. The number of hydrogen-bond donors (Lipinski definition) is 1. The Morgan fingerprint density at radius 2 is 2.06 bits per heavy atom. The summed E-state index contributed by atoms with van der Waals surface area (Å²) in [6.45, 7) is 4.27. The summed E-state index contributed by atoms with van der Waals surface area (Å²) in [6.07, 6.45) is 3.93. The number of ether oxygens (including phenoxy) is 1. The molecule has 0 radical (unpaired) electrons. The predicted molar refractivity (Wildman–Crippen MR) is 69.3 cm³/mol. The SMILES string of the molecule is C/C=C1\C(=C/C)NC(=O)[C@@]12COc1ccccc12. The van der Waals surface area contributed by atoms with Crippen LogP contribution in [-0.2, 0) is 10.2 Å². The molecule has 0 bridgehead atoms. The quantitative estimate of drug-likeness (QED) is 0.757. The van der Waals surface area contributed by atoms with Crippen molar-refractivity contribution in [2.24, 2.45) is 0 Å². The number of nitrogens with one attached hydrogen (secondary N) is 1. The average molecular weight is 241 g/mol. The van der Waals surface area contributed by atoms with Gasteiger partial charge in [-0.1, -0.05) is 30.4 Å². The number of amides is 1. The van der Waals surface area contributed by atoms with Crippen molar-refractivity contribution >= 4 is 5.91 Å². The van der Waals surface area contributed by atoms with Crippen LogP contribution in [0.25, 0.3) is 0 Å². The number of carbonyl (C=O) groups is 1. The highest BCUT2D eigenvalue weighted by atomic mass is 16.5. The fourth-order valence-corrected chi connectivity index (χ4v) is 2.90. The molecule has 0 saturated carbocycles. The van der Waals surface area contributed by atoms with Crippen LogP contribution >= 0.6 is 0 Å². The second-order valence-electron chi connectivity index (χ2n) is 4.55. The van der Waals surface area contributed by atoms with Crippen LogP contribution in [0.3, 0.4) is 0 Å². The number of rotatable bonds is 0. The standard InChI is InChI=1S/C15H15NO2/c1-3-10-12(4-2)16-14(17)15(10)9-18-13-8-6-5-7-11(13)15/h3-8H,9H2,1-2H3,(H,16,17)/b10-3+,12-4+/t15-/m0/s1. The molecule has 92 valence electrons. The maximum Gasteiger partial charge on any atom is 0.243 e. The van der Waals surface area contributed by atoms with E-state index in [1.165, 1.54) is 0 Å². The third-order valence-electron chi connectivity index (χ3n) is 3.75. The summed E-state index contributed by atoms with van der Waals surface area (Å²) in [4.78, 5) is 12.4. The van der Waals surface area contributed by atoms with Gasteiger partial charge in [0.2, 0.25) is 5.91 Å². The van der Waals surface area contributed by atoms with Crippen LogP contribution in [-0.4, -0.2) is 12.5 Å². The van der Waals surface area contributed by atoms with Crippen molar-refractivity contribution in [2.75, 3.05) is 6.61 Å². The molecule has 1 fully saturated rings. The van der Waals surface area contributed by atoms with Crippen LogP contribution in [0.5, 0.6) is 5.75 Å². The van der Waals surface area contributed by atoms with Crippen LogP contribution < -0.4 is 10.1 Å². The van der Waals surface area contributed by atoms with E-state index in [-0.39, 0.29) is 5.91 Å². The third kappa shape index (κ3) is 1.16. The Balaban J connectivity index is 2.26. The Morgan fingerprint density at radius 1 is 1.28 bits per heavy atom. The predicted octanol–water partition coefficient (Wildman–Crippen LogP) is 2.30. The van der Waals surface area contributed by atoms with Crippen LogP contribution in [0.4, 0.5) is 0 Å². The molecule has 3 nitrogen and oxygen atoms in total. The lowest BCUT2D eigenvalue weighted by Gasteiger charge is -2.20. The van der Waals surface area contributed by atoms with Gasteiger partial charge in [0.15, 0.2) is 0 Å². The summed E-state index contributed by atoms with van der Waals surface area (Å²) >= 11 is 0. The summed E-state index contributed by atoms with van der Waals surface area (Å²) in [6, 6.07) is 7.77. The molecule has 1 atom stereocenters. The first-order valence-electron chi connectivity index (χ1n) is 6.11. The van der Waals surface area contributed by atoms with Crippen LogP contribution in [0.1, 0.15) is 19.4 Å². The van der Waals surface area contributed by atoms with Gasteiger partial charge in [0.1, 0.15) is 17.8 Å². The number of hydrogen-bond acceptors (Lipinski definition) is 2. The topological polar surface area (TPSA) is 38.3 Å². The Morgan fingerprint density at radius 3 is 2.78 bits per heavy atom. The van der Waals surface area contributed by atoms with E-state index in [2.05, 4.69) is 5.32 Å². The van der Waals surface area contributed by atoms with Gasteiger partial charge in [-0.05, 0) is 25.5 Å². The second kappa shape index (κ2) is 3.73. The van der Waals surface area contributed by atoms with Crippen molar-refractivity contribution in [3.05, 3.63) is 53.3 Å². The highest BCUT2D eigenvalue weighted by Gasteiger charge is 2.54. The fourth-order valence-electron chi connectivity index (χ4n) is 2.90. The number of allylic oxidation sites excluding steroid dienone is 3. The van der Waals surface area contributed by atoms with Crippen molar-refractivity contribution < 1.29 is 9.53 Å². The van der Waals surface area contributed by atoms with Gasteiger partial charge < -0.3 is 10.1 Å². The molecule has 2 aliphatic heterocycles. The van der Waals surface area contributed by atoms with E-state index in [0.29, 0.717) is 6.61 Å². The van der Waals surface area contributed by atoms with Gasteiger partial charge in [-0.25, -0.2) is 0 Å². The number of carbonyl (C=O) groups excluding carboxylic acids is 1. The van der Waals surface area contributed by atoms with Gasteiger partial charge in [0, 0.05) is 11.3 Å². The van der Waals surface area contributed by atoms with Crippen molar-refractivity contribution in [3.8, 4) is 5.75 Å². The highest BCUT2D eigenvalue weighted by molar-refractivity contribution is 6.00. The molecule has 2 aliphatic rings. The van der Waals surface area contributed by atoms with Gasteiger partial charge in [0.25, 0.3) is 0 Å². The molecule has 3 heteroatoms. The highest BCUT2D eigenvalue weighted by Crippen LogP contribution is 2.48. The Hall–Kier alpha value is -2.03. The normalized spacial score (nSPS) is 29.8. The zero-order chi connectivity index (χ0) is 12.8. The molecule has 1 aromatic carbocycles. The van der Waals surface area contributed by atoms with Gasteiger partial charge in [-0.3, -0.25) is 4.79 Å². The van der Waals surface area contributed by atoms with E-state index < -0.39 is 5.41 Å². The molecule has 2 heterocycles. The third-order valence-corrected chi connectivity index (χ3v) is 3.75. The zero-order valence-corrected chi connectivity index (χ0v) is 10.5. The molecule has 1 N–H and O–H groups in total. The van der Waals surface area contributed by atoms with Crippen molar-refractivity contribution in [3.63, 3.8) is 0 Å². The molecule has 1 aromatic rings. The number of benzene rings is 1. The second-order valence-corrected chi connectivity index (χ2v) is 4.55. The summed E-state index contributed by atoms with van der Waals surface area (Å²) in [5.41, 5.74) is 2.21. The van der Waals surface area contributed by atoms with E-state index in [9.17, 15) is 4.79 Å². The maximum absolute atomic E-state index is 12.4. The average Bonchev–Trinajstić information content (AvgIpc) is 2.91.